The second-order valence-electron chi connectivity index (χ2n) is 6.73. The fraction of sp³-hybridized carbons (Fsp3) is 0.286. The molecule has 0 spiro atoms. The van der Waals surface area contributed by atoms with Gasteiger partial charge in [-0.25, -0.2) is 14.7 Å². The Bertz CT molecular complexity index is 1020. The van der Waals surface area contributed by atoms with E-state index in [2.05, 4.69) is 9.73 Å². The molecule has 1 amide bonds. The topological polar surface area (TPSA) is 94.2 Å². The number of para-hydroxylation sites is 1. The summed E-state index contributed by atoms with van der Waals surface area (Å²) < 4.78 is 47.2. The van der Waals surface area contributed by atoms with Gasteiger partial charge in [-0.2, -0.15) is 13.2 Å². The Kier molecular flexibility index (Phi) is 5.92. The van der Waals surface area contributed by atoms with E-state index in [9.17, 15) is 22.8 Å². The number of hydrogen-bond acceptors (Lipinski definition) is 6. The van der Waals surface area contributed by atoms with Crippen molar-refractivity contribution in [3.63, 3.8) is 0 Å². The number of amides is 1. The number of ether oxygens (including phenoxy) is 2. The van der Waals surface area contributed by atoms with Crippen LogP contribution >= 0.6 is 0 Å². The smallest absolute Gasteiger partial charge is 0.490 e. The van der Waals surface area contributed by atoms with Gasteiger partial charge in [0.25, 0.3) is 5.91 Å². The molecule has 7 nitrogen and oxygen atoms in total. The molecule has 2 aromatic rings. The molecule has 3 rings (SSSR count). The molecule has 1 atom stereocenters. The molecule has 0 aliphatic carbocycles. The van der Waals surface area contributed by atoms with Gasteiger partial charge in [0.15, 0.2) is 12.3 Å². The highest BCUT2D eigenvalue weighted by molar-refractivity contribution is 6.07. The highest BCUT2D eigenvalue weighted by Gasteiger charge is 2.51. The number of hydrogen-bond donors (Lipinski definition) is 1. The Hall–Kier alpha value is -3.56. The van der Waals surface area contributed by atoms with Gasteiger partial charge in [-0.1, -0.05) is 55.5 Å². The summed E-state index contributed by atoms with van der Waals surface area (Å²) in [4.78, 5) is 29.3. The average Bonchev–Trinajstić information content (AvgIpc) is 3.01. The minimum atomic E-state index is -5.19. The zero-order chi connectivity index (χ0) is 22.8. The molecule has 2 aromatic carbocycles. The molecule has 1 unspecified atom stereocenters. The van der Waals surface area contributed by atoms with E-state index < -0.39 is 30.3 Å². The molecule has 31 heavy (non-hydrogen) atoms. The third kappa shape index (κ3) is 3.92. The van der Waals surface area contributed by atoms with E-state index in [-0.39, 0.29) is 12.4 Å². The average molecular weight is 435 g/mol. The standard InChI is InChI=1S/C21H20F3N3O4/c1-3-20(17(28)27(19(25)26-20)12-31-18(29)21(22,23)24)15-11-7-10-14(16(15)30-2)13-8-5-4-6-9-13/h4-11H,3,12H2,1-2H3,(H2,25,26). The number of rotatable bonds is 6. The Balaban J connectivity index is 2.02. The van der Waals surface area contributed by atoms with Gasteiger partial charge in [0.05, 0.1) is 7.11 Å². The van der Waals surface area contributed by atoms with Crippen LogP contribution in [0.25, 0.3) is 11.1 Å². The summed E-state index contributed by atoms with van der Waals surface area (Å²) in [5.74, 6) is -3.11. The Morgan fingerprint density at radius 3 is 2.42 bits per heavy atom. The van der Waals surface area contributed by atoms with Crippen LogP contribution < -0.4 is 10.5 Å². The van der Waals surface area contributed by atoms with E-state index in [1.54, 1.807) is 19.1 Å². The molecule has 0 bridgehead atoms. The van der Waals surface area contributed by atoms with Gasteiger partial charge < -0.3 is 15.2 Å². The predicted molar refractivity (Wildman–Crippen MR) is 106 cm³/mol. The molecule has 1 aliphatic heterocycles. The SMILES string of the molecule is CCC1(c2cccc(-c3ccccc3)c2OC)N=C(N)N(COC(=O)C(F)(F)F)C1=O. The van der Waals surface area contributed by atoms with Gasteiger partial charge in [-0.3, -0.25) is 4.79 Å². The van der Waals surface area contributed by atoms with Crippen LogP contribution in [0.1, 0.15) is 18.9 Å². The number of methoxy groups -OCH3 is 1. The summed E-state index contributed by atoms with van der Waals surface area (Å²) in [5, 5.41) is 0. The quantitative estimate of drug-likeness (QED) is 0.704. The van der Waals surface area contributed by atoms with Crippen molar-refractivity contribution in [1.29, 1.82) is 0 Å². The minimum absolute atomic E-state index is 0.144. The summed E-state index contributed by atoms with van der Waals surface area (Å²) in [6, 6.07) is 14.5. The largest absolute Gasteiger partial charge is 0.496 e. The number of nitrogens with zero attached hydrogens (tertiary/aromatic N) is 2. The zero-order valence-corrected chi connectivity index (χ0v) is 16.8. The molecule has 0 radical (unpaired) electrons. The molecule has 2 N–H and O–H groups in total. The number of aliphatic imine (C=N–C) groups is 1. The van der Waals surface area contributed by atoms with Crippen LogP contribution in [0.15, 0.2) is 53.5 Å². The third-order valence-corrected chi connectivity index (χ3v) is 5.00. The van der Waals surface area contributed by atoms with Crippen LogP contribution in [0.4, 0.5) is 13.2 Å². The highest BCUT2D eigenvalue weighted by Crippen LogP contribution is 2.44. The van der Waals surface area contributed by atoms with Crippen molar-refractivity contribution in [2.45, 2.75) is 25.1 Å². The third-order valence-electron chi connectivity index (χ3n) is 5.00. The lowest BCUT2D eigenvalue weighted by atomic mass is 9.84. The molecule has 1 aliphatic rings. The second kappa shape index (κ2) is 8.29. The number of alkyl halides is 3. The van der Waals surface area contributed by atoms with Crippen LogP contribution in [0.5, 0.6) is 5.75 Å². The zero-order valence-electron chi connectivity index (χ0n) is 16.8. The Morgan fingerprint density at radius 1 is 1.16 bits per heavy atom. The van der Waals surface area contributed by atoms with E-state index >= 15 is 0 Å². The Morgan fingerprint density at radius 2 is 1.84 bits per heavy atom. The fourth-order valence-electron chi connectivity index (χ4n) is 3.48. The molecule has 1 heterocycles. The monoisotopic (exact) mass is 435 g/mol. The van der Waals surface area contributed by atoms with Gasteiger partial charge >= 0.3 is 12.1 Å². The molecule has 0 fully saturated rings. The van der Waals surface area contributed by atoms with E-state index in [1.165, 1.54) is 7.11 Å². The van der Waals surface area contributed by atoms with Gasteiger partial charge in [0.1, 0.15) is 5.75 Å². The number of guanidine groups is 1. The summed E-state index contributed by atoms with van der Waals surface area (Å²) in [5.41, 5.74) is 6.24. The maximum absolute atomic E-state index is 13.3. The first-order valence-corrected chi connectivity index (χ1v) is 9.30. The van der Waals surface area contributed by atoms with E-state index in [1.807, 2.05) is 36.4 Å². The van der Waals surface area contributed by atoms with Crippen molar-refractivity contribution < 1.29 is 32.2 Å². The van der Waals surface area contributed by atoms with Crippen molar-refractivity contribution in [3.05, 3.63) is 54.1 Å². The Labute approximate surface area is 176 Å². The fourth-order valence-corrected chi connectivity index (χ4v) is 3.48. The van der Waals surface area contributed by atoms with E-state index in [4.69, 9.17) is 10.5 Å². The molecular weight excluding hydrogens is 415 g/mol. The number of nitrogens with two attached hydrogens (primary N) is 1. The van der Waals surface area contributed by atoms with E-state index in [0.717, 1.165) is 5.56 Å². The van der Waals surface area contributed by atoms with Crippen LogP contribution in [-0.2, 0) is 19.9 Å². The van der Waals surface area contributed by atoms with Crippen LogP contribution in [-0.4, -0.2) is 42.8 Å². The minimum Gasteiger partial charge on any atom is -0.496 e. The van der Waals surface area contributed by atoms with E-state index in [0.29, 0.717) is 21.8 Å². The molecule has 0 saturated heterocycles. The first-order chi connectivity index (χ1) is 14.7. The van der Waals surface area contributed by atoms with Crippen molar-refractivity contribution in [2.75, 3.05) is 13.8 Å². The summed E-state index contributed by atoms with van der Waals surface area (Å²) in [7, 11) is 1.45. The second-order valence-corrected chi connectivity index (χ2v) is 6.73. The number of carbonyl (C=O) groups is 2. The summed E-state index contributed by atoms with van der Waals surface area (Å²) >= 11 is 0. The number of benzene rings is 2. The van der Waals surface area contributed by atoms with Crippen molar-refractivity contribution >= 4 is 17.8 Å². The maximum atomic E-state index is 13.3. The first-order valence-electron chi connectivity index (χ1n) is 9.30. The van der Waals surface area contributed by atoms with Crippen molar-refractivity contribution in [3.8, 4) is 16.9 Å². The van der Waals surface area contributed by atoms with Crippen LogP contribution in [0.3, 0.4) is 0 Å². The molecule has 0 aromatic heterocycles. The predicted octanol–water partition coefficient (Wildman–Crippen LogP) is 3.19. The lowest BCUT2D eigenvalue weighted by Gasteiger charge is -2.27. The molecule has 10 heteroatoms. The molecule has 0 saturated carbocycles. The number of halogens is 3. The summed E-state index contributed by atoms with van der Waals surface area (Å²) in [6.45, 7) is 0.684. The van der Waals surface area contributed by atoms with Crippen molar-refractivity contribution in [1.82, 2.24) is 4.90 Å². The lowest BCUT2D eigenvalue weighted by molar-refractivity contribution is -0.202. The lowest BCUT2D eigenvalue weighted by Crippen LogP contribution is -2.45. The van der Waals surface area contributed by atoms with Gasteiger partial charge in [-0.15, -0.1) is 0 Å². The maximum Gasteiger partial charge on any atom is 0.490 e. The van der Waals surface area contributed by atoms with Crippen LogP contribution in [0, 0.1) is 0 Å². The normalized spacial score (nSPS) is 18.7. The van der Waals surface area contributed by atoms with Gasteiger partial charge in [0, 0.05) is 11.1 Å². The van der Waals surface area contributed by atoms with Crippen LogP contribution in [0.2, 0.25) is 0 Å². The summed E-state index contributed by atoms with van der Waals surface area (Å²) in [6.07, 6.45) is -5.05. The highest BCUT2D eigenvalue weighted by atomic mass is 19.4. The van der Waals surface area contributed by atoms with Gasteiger partial charge in [-0.05, 0) is 12.0 Å². The first kappa shape index (κ1) is 22.1. The number of esters is 1. The van der Waals surface area contributed by atoms with Crippen molar-refractivity contribution in [2.24, 2.45) is 10.7 Å². The molecular formula is C21H20F3N3O4. The molecule has 164 valence electrons. The number of carbonyl (C=O) groups excluding carboxylic acids is 2. The van der Waals surface area contributed by atoms with Gasteiger partial charge in [0.2, 0.25) is 5.96 Å².